The fourth-order valence-electron chi connectivity index (χ4n) is 2.25. The highest BCUT2D eigenvalue weighted by atomic mass is 16.6. The average molecular weight is 267 g/mol. The molecule has 1 aliphatic rings. The molecule has 2 rings (SSSR count). The summed E-state index contributed by atoms with van der Waals surface area (Å²) < 4.78 is 0. The second-order valence-corrected chi connectivity index (χ2v) is 4.78. The van der Waals surface area contributed by atoms with Gasteiger partial charge in [-0.15, -0.1) is 0 Å². The molecule has 104 valence electrons. The zero-order valence-electron chi connectivity index (χ0n) is 10.4. The molecule has 0 aliphatic heterocycles. The molecule has 0 atom stereocenters. The van der Waals surface area contributed by atoms with Gasteiger partial charge in [-0.2, -0.15) is 0 Å². The fourth-order valence-corrected chi connectivity index (χ4v) is 2.25. The molecule has 0 saturated heterocycles. The number of aliphatic hydroxyl groups is 1. The lowest BCUT2D eigenvalue weighted by atomic mass is 10.0. The lowest BCUT2D eigenvalue weighted by molar-refractivity contribution is -0.384. The molecular weight excluding hydrogens is 250 g/mol. The van der Waals surface area contributed by atoms with Gasteiger partial charge in [-0.25, -0.2) is 10.8 Å². The predicted octanol–water partition coefficient (Wildman–Crippen LogP) is 0.992. The Labute approximate surface area is 110 Å². The lowest BCUT2D eigenvalue weighted by Crippen LogP contribution is -2.33. The van der Waals surface area contributed by atoms with Gasteiger partial charge in [0.25, 0.3) is 5.69 Å². The summed E-state index contributed by atoms with van der Waals surface area (Å²) in [6.45, 7) is 0.325. The minimum atomic E-state index is -0.747. The van der Waals surface area contributed by atoms with Crippen molar-refractivity contribution in [1.82, 2.24) is 4.98 Å². The van der Waals surface area contributed by atoms with Gasteiger partial charge in [0.1, 0.15) is 11.6 Å². The Kier molecular flexibility index (Phi) is 3.82. The van der Waals surface area contributed by atoms with E-state index in [9.17, 15) is 15.2 Å². The van der Waals surface area contributed by atoms with Crippen LogP contribution >= 0.6 is 0 Å². The van der Waals surface area contributed by atoms with Gasteiger partial charge in [0.2, 0.25) is 0 Å². The Balaban J connectivity index is 2.10. The number of nitrogen functional groups attached to an aromatic ring is 1. The quantitative estimate of drug-likeness (QED) is 0.356. The van der Waals surface area contributed by atoms with E-state index in [0.717, 1.165) is 25.7 Å². The van der Waals surface area contributed by atoms with Crippen LogP contribution in [0.15, 0.2) is 12.1 Å². The largest absolute Gasteiger partial charge is 0.388 e. The highest BCUT2D eigenvalue weighted by molar-refractivity contribution is 5.54. The molecule has 1 heterocycles. The van der Waals surface area contributed by atoms with Gasteiger partial charge in [0, 0.05) is 6.54 Å². The van der Waals surface area contributed by atoms with E-state index in [4.69, 9.17) is 5.84 Å². The van der Waals surface area contributed by atoms with E-state index >= 15 is 0 Å². The third-order valence-electron chi connectivity index (χ3n) is 3.30. The summed E-state index contributed by atoms with van der Waals surface area (Å²) in [6, 6.07) is 2.56. The van der Waals surface area contributed by atoms with Crippen LogP contribution < -0.4 is 16.6 Å². The number of aromatic nitrogens is 1. The number of nitrogens with zero attached hydrogens (tertiary/aromatic N) is 2. The zero-order chi connectivity index (χ0) is 13.9. The molecule has 1 aliphatic carbocycles. The van der Waals surface area contributed by atoms with E-state index in [1.54, 1.807) is 0 Å². The summed E-state index contributed by atoms with van der Waals surface area (Å²) in [5.41, 5.74) is 1.43. The molecule has 0 aromatic carbocycles. The van der Waals surface area contributed by atoms with E-state index in [1.807, 2.05) is 0 Å². The average Bonchev–Trinajstić information content (AvgIpc) is 2.83. The molecule has 0 spiro atoms. The number of nitro groups is 1. The molecule has 0 radical (unpaired) electrons. The summed E-state index contributed by atoms with van der Waals surface area (Å²) in [5.74, 6) is 5.75. The van der Waals surface area contributed by atoms with Gasteiger partial charge in [-0.05, 0) is 12.8 Å². The smallest absolute Gasteiger partial charge is 0.276 e. The number of nitrogens with two attached hydrogens (primary N) is 1. The van der Waals surface area contributed by atoms with Gasteiger partial charge >= 0.3 is 0 Å². The van der Waals surface area contributed by atoms with E-state index in [-0.39, 0.29) is 11.5 Å². The van der Waals surface area contributed by atoms with Crippen molar-refractivity contribution in [3.63, 3.8) is 0 Å². The number of nitrogens with one attached hydrogen (secondary N) is 2. The van der Waals surface area contributed by atoms with Crippen molar-refractivity contribution in [3.05, 3.63) is 22.2 Å². The van der Waals surface area contributed by atoms with E-state index in [1.165, 1.54) is 12.1 Å². The van der Waals surface area contributed by atoms with Crippen LogP contribution in [0.25, 0.3) is 0 Å². The highest BCUT2D eigenvalue weighted by Gasteiger charge is 2.30. The topological polar surface area (TPSA) is 126 Å². The molecule has 19 heavy (non-hydrogen) atoms. The third-order valence-corrected chi connectivity index (χ3v) is 3.30. The Bertz CT molecular complexity index is 473. The molecule has 0 amide bonds. The maximum Gasteiger partial charge on any atom is 0.276 e. The van der Waals surface area contributed by atoms with Crippen molar-refractivity contribution in [2.24, 2.45) is 5.84 Å². The van der Waals surface area contributed by atoms with Gasteiger partial charge in [-0.1, -0.05) is 12.8 Å². The number of hydrogen-bond donors (Lipinski definition) is 4. The van der Waals surface area contributed by atoms with Crippen LogP contribution in [0.1, 0.15) is 25.7 Å². The van der Waals surface area contributed by atoms with Gasteiger partial charge in [0.15, 0.2) is 0 Å². The lowest BCUT2D eigenvalue weighted by Gasteiger charge is -2.22. The molecule has 5 N–H and O–H groups in total. The van der Waals surface area contributed by atoms with E-state index in [0.29, 0.717) is 12.4 Å². The first-order valence-electron chi connectivity index (χ1n) is 6.12. The molecule has 1 aromatic heterocycles. The summed E-state index contributed by atoms with van der Waals surface area (Å²) >= 11 is 0. The number of anilines is 2. The van der Waals surface area contributed by atoms with Crippen LogP contribution in [0.3, 0.4) is 0 Å². The maximum atomic E-state index is 10.8. The molecule has 0 unspecified atom stereocenters. The van der Waals surface area contributed by atoms with Gasteiger partial charge < -0.3 is 15.8 Å². The van der Waals surface area contributed by atoms with E-state index < -0.39 is 10.5 Å². The molecule has 0 bridgehead atoms. The molecule has 1 saturated carbocycles. The molecule has 1 fully saturated rings. The van der Waals surface area contributed by atoms with Gasteiger partial charge in [-0.3, -0.25) is 10.1 Å². The van der Waals surface area contributed by atoms with Crippen molar-refractivity contribution >= 4 is 17.3 Å². The van der Waals surface area contributed by atoms with Crippen molar-refractivity contribution < 1.29 is 10.0 Å². The Morgan fingerprint density at radius 1 is 1.42 bits per heavy atom. The number of hydrazine groups is 1. The summed E-state index contributed by atoms with van der Waals surface area (Å²) in [4.78, 5) is 14.3. The number of hydrogen-bond acceptors (Lipinski definition) is 7. The summed E-state index contributed by atoms with van der Waals surface area (Å²) in [7, 11) is 0. The van der Waals surface area contributed by atoms with Crippen LogP contribution in [0.5, 0.6) is 0 Å². The maximum absolute atomic E-state index is 10.8. The normalized spacial score (nSPS) is 17.2. The standard InChI is InChI=1S/C11H17N5O3/c12-15-10-6-8(16(18)19)5-9(14-10)13-7-11(17)3-1-2-4-11/h5-6,17H,1-4,7,12H2,(H2,13,14,15). The van der Waals surface area contributed by atoms with Gasteiger partial charge in [0.05, 0.1) is 22.7 Å². The second kappa shape index (κ2) is 5.37. The van der Waals surface area contributed by atoms with Crippen LogP contribution in [0.4, 0.5) is 17.3 Å². The summed E-state index contributed by atoms with van der Waals surface area (Å²) in [5, 5.41) is 23.9. The molecule has 8 heteroatoms. The van der Waals surface area contributed by atoms with Crippen molar-refractivity contribution in [2.45, 2.75) is 31.3 Å². The first kappa shape index (κ1) is 13.5. The van der Waals surface area contributed by atoms with Crippen molar-refractivity contribution in [3.8, 4) is 0 Å². The van der Waals surface area contributed by atoms with Crippen LogP contribution in [0.2, 0.25) is 0 Å². The Hall–Kier alpha value is -1.93. The van der Waals surface area contributed by atoms with Crippen LogP contribution in [-0.4, -0.2) is 27.2 Å². The van der Waals surface area contributed by atoms with Crippen LogP contribution in [0, 0.1) is 10.1 Å². The zero-order valence-corrected chi connectivity index (χ0v) is 10.4. The number of rotatable bonds is 5. The number of pyridine rings is 1. The fraction of sp³-hybridized carbons (Fsp3) is 0.545. The Morgan fingerprint density at radius 2 is 2.05 bits per heavy atom. The van der Waals surface area contributed by atoms with Crippen LogP contribution in [-0.2, 0) is 0 Å². The summed E-state index contributed by atoms with van der Waals surface area (Å²) in [6.07, 6.45) is 3.46. The third kappa shape index (κ3) is 3.30. The Morgan fingerprint density at radius 3 is 2.63 bits per heavy atom. The van der Waals surface area contributed by atoms with E-state index in [2.05, 4.69) is 15.7 Å². The first-order valence-corrected chi connectivity index (χ1v) is 6.12. The van der Waals surface area contributed by atoms with Crippen molar-refractivity contribution in [1.29, 1.82) is 0 Å². The molecule has 1 aromatic rings. The molecular formula is C11H17N5O3. The second-order valence-electron chi connectivity index (χ2n) is 4.78. The predicted molar refractivity (Wildman–Crippen MR) is 70.6 cm³/mol. The highest BCUT2D eigenvalue weighted by Crippen LogP contribution is 2.30. The SMILES string of the molecule is NNc1cc([N+](=O)[O-])cc(NCC2(O)CCCC2)n1. The molecule has 8 nitrogen and oxygen atoms in total. The minimum absolute atomic E-state index is 0.108. The monoisotopic (exact) mass is 267 g/mol. The minimum Gasteiger partial charge on any atom is -0.388 e. The first-order chi connectivity index (χ1) is 9.02. The van der Waals surface area contributed by atoms with Crippen molar-refractivity contribution in [2.75, 3.05) is 17.3 Å².